The third kappa shape index (κ3) is 4.62. The summed E-state index contributed by atoms with van der Waals surface area (Å²) in [5.41, 5.74) is 3.63. The molecule has 0 spiro atoms. The molecule has 8 heteroatoms. The number of halogens is 3. The molecule has 34 heavy (non-hydrogen) atoms. The van der Waals surface area contributed by atoms with E-state index in [0.717, 1.165) is 39.4 Å². The topological polar surface area (TPSA) is 42.3 Å². The predicted octanol–water partition coefficient (Wildman–Crippen LogP) is 7.89. The van der Waals surface area contributed by atoms with Crippen molar-refractivity contribution in [1.82, 2.24) is 9.47 Å². The molecule has 4 aromatic rings. The summed E-state index contributed by atoms with van der Waals surface area (Å²) in [6.07, 6.45) is 3.76. The summed E-state index contributed by atoms with van der Waals surface area (Å²) in [5.74, 6) is -0.303. The molecule has 1 aliphatic heterocycles. The second-order valence-electron chi connectivity index (χ2n) is 7.86. The molecule has 0 unspecified atom stereocenters. The number of para-hydroxylation sites is 1. The van der Waals surface area contributed by atoms with Gasteiger partial charge in [0.25, 0.3) is 11.1 Å². The fraction of sp³-hybridized carbons (Fsp3) is 0.0769. The first-order valence-electron chi connectivity index (χ1n) is 10.4. The highest BCUT2D eigenvalue weighted by Crippen LogP contribution is 2.35. The van der Waals surface area contributed by atoms with Gasteiger partial charge in [-0.15, -0.1) is 0 Å². The van der Waals surface area contributed by atoms with Crippen LogP contribution in [0, 0.1) is 0 Å². The summed E-state index contributed by atoms with van der Waals surface area (Å²) in [5, 5.41) is 2.48. The fourth-order valence-electron chi connectivity index (χ4n) is 3.90. The second kappa shape index (κ2) is 9.51. The van der Waals surface area contributed by atoms with Crippen molar-refractivity contribution in [2.75, 3.05) is 0 Å². The van der Waals surface area contributed by atoms with E-state index >= 15 is 0 Å². The number of rotatable bonds is 5. The molecule has 2 amide bonds. The lowest BCUT2D eigenvalue weighted by Crippen LogP contribution is -2.27. The van der Waals surface area contributed by atoms with Crippen LogP contribution in [0.5, 0.6) is 0 Å². The molecule has 0 saturated carbocycles. The van der Waals surface area contributed by atoms with Crippen molar-refractivity contribution in [3.8, 4) is 0 Å². The Balaban J connectivity index is 1.46. The van der Waals surface area contributed by atoms with Crippen molar-refractivity contribution in [3.63, 3.8) is 0 Å². The fourth-order valence-corrected chi connectivity index (χ4v) is 5.33. The van der Waals surface area contributed by atoms with Gasteiger partial charge in [-0.3, -0.25) is 14.5 Å². The standard InChI is InChI=1S/C26H17Cl3N2O2S/c27-19-8-5-16(6-9-19)13-31-25(32)24(34-26(31)33)11-18-15-30(23-4-2-1-3-21(18)23)14-17-7-10-20(28)12-22(17)29/h1-12,15H,13-14H2/b24-11-. The molecule has 0 radical (unpaired) electrons. The maximum absolute atomic E-state index is 13.1. The molecule has 0 bridgehead atoms. The van der Waals surface area contributed by atoms with Crippen molar-refractivity contribution in [2.45, 2.75) is 13.1 Å². The van der Waals surface area contributed by atoms with E-state index in [-0.39, 0.29) is 17.7 Å². The van der Waals surface area contributed by atoms with Crippen LogP contribution in [0.1, 0.15) is 16.7 Å². The number of thioether (sulfide) groups is 1. The summed E-state index contributed by atoms with van der Waals surface area (Å²) in [4.78, 5) is 27.3. The molecule has 1 saturated heterocycles. The van der Waals surface area contributed by atoms with Crippen LogP contribution in [0.25, 0.3) is 17.0 Å². The zero-order chi connectivity index (χ0) is 23.8. The number of benzene rings is 3. The van der Waals surface area contributed by atoms with Gasteiger partial charge in [0, 0.05) is 44.3 Å². The van der Waals surface area contributed by atoms with E-state index in [2.05, 4.69) is 4.57 Å². The quantitative estimate of drug-likeness (QED) is 0.248. The Morgan fingerprint density at radius 2 is 1.59 bits per heavy atom. The lowest BCUT2D eigenvalue weighted by Gasteiger charge is -2.12. The average Bonchev–Trinajstić information content (AvgIpc) is 3.29. The van der Waals surface area contributed by atoms with Crippen LogP contribution in [0.3, 0.4) is 0 Å². The number of hydrogen-bond donors (Lipinski definition) is 0. The highest BCUT2D eigenvalue weighted by molar-refractivity contribution is 8.18. The second-order valence-corrected chi connectivity index (χ2v) is 10.1. The van der Waals surface area contributed by atoms with Gasteiger partial charge in [-0.1, -0.05) is 71.2 Å². The molecule has 1 aromatic heterocycles. The molecule has 0 N–H and O–H groups in total. The third-order valence-electron chi connectivity index (χ3n) is 5.59. The molecule has 5 rings (SSSR count). The van der Waals surface area contributed by atoms with E-state index in [1.807, 2.05) is 54.7 Å². The number of amides is 2. The first-order chi connectivity index (χ1) is 16.4. The van der Waals surface area contributed by atoms with Crippen molar-refractivity contribution in [1.29, 1.82) is 0 Å². The Morgan fingerprint density at radius 3 is 2.35 bits per heavy atom. The summed E-state index contributed by atoms with van der Waals surface area (Å²) in [6.45, 7) is 0.748. The average molecular weight is 528 g/mol. The van der Waals surface area contributed by atoms with Gasteiger partial charge >= 0.3 is 0 Å². The number of carbonyl (C=O) groups is 2. The molecular formula is C26H17Cl3N2O2S. The van der Waals surface area contributed by atoms with Crippen LogP contribution < -0.4 is 0 Å². The minimum Gasteiger partial charge on any atom is -0.342 e. The molecule has 0 atom stereocenters. The number of aromatic nitrogens is 1. The van der Waals surface area contributed by atoms with E-state index in [9.17, 15) is 9.59 Å². The van der Waals surface area contributed by atoms with Crippen molar-refractivity contribution < 1.29 is 9.59 Å². The Morgan fingerprint density at radius 1 is 0.853 bits per heavy atom. The number of hydrogen-bond acceptors (Lipinski definition) is 3. The highest BCUT2D eigenvalue weighted by Gasteiger charge is 2.35. The van der Waals surface area contributed by atoms with E-state index in [1.54, 1.807) is 24.3 Å². The summed E-state index contributed by atoms with van der Waals surface area (Å²) in [6, 6.07) is 20.5. The van der Waals surface area contributed by atoms with Crippen molar-refractivity contribution in [3.05, 3.63) is 110 Å². The van der Waals surface area contributed by atoms with Gasteiger partial charge in [-0.25, -0.2) is 0 Å². The number of nitrogens with zero attached hydrogens (tertiary/aromatic N) is 2. The molecular weight excluding hydrogens is 511 g/mol. The van der Waals surface area contributed by atoms with Gasteiger partial charge in [0.15, 0.2) is 0 Å². The van der Waals surface area contributed by atoms with Crippen LogP contribution in [-0.2, 0) is 17.9 Å². The monoisotopic (exact) mass is 526 g/mol. The predicted molar refractivity (Wildman–Crippen MR) is 140 cm³/mol. The minimum atomic E-state index is -0.303. The SMILES string of the molecule is O=C1S/C(=C\c2cn(Cc3ccc(Cl)cc3Cl)c3ccccc23)C(=O)N1Cc1ccc(Cl)cc1. The number of imide groups is 1. The van der Waals surface area contributed by atoms with Gasteiger partial charge < -0.3 is 4.57 Å². The highest BCUT2D eigenvalue weighted by atomic mass is 35.5. The lowest BCUT2D eigenvalue weighted by molar-refractivity contribution is -0.123. The van der Waals surface area contributed by atoms with E-state index < -0.39 is 0 Å². The smallest absolute Gasteiger partial charge is 0.293 e. The summed E-state index contributed by atoms with van der Waals surface area (Å²) in [7, 11) is 0. The Hall–Kier alpha value is -2.70. The maximum Gasteiger partial charge on any atom is 0.293 e. The summed E-state index contributed by atoms with van der Waals surface area (Å²) >= 11 is 19.3. The minimum absolute atomic E-state index is 0.204. The Labute approximate surface area is 215 Å². The van der Waals surface area contributed by atoms with Crippen LogP contribution in [0.15, 0.2) is 77.8 Å². The van der Waals surface area contributed by atoms with Gasteiger partial charge in [0.2, 0.25) is 0 Å². The van der Waals surface area contributed by atoms with Crippen LogP contribution in [0.4, 0.5) is 4.79 Å². The van der Waals surface area contributed by atoms with E-state index in [4.69, 9.17) is 34.8 Å². The van der Waals surface area contributed by atoms with Crippen LogP contribution in [-0.4, -0.2) is 20.6 Å². The molecule has 3 aromatic carbocycles. The first-order valence-corrected chi connectivity index (χ1v) is 12.4. The molecule has 1 fully saturated rings. The van der Waals surface area contributed by atoms with E-state index in [1.165, 1.54) is 4.90 Å². The van der Waals surface area contributed by atoms with Crippen molar-refractivity contribution >= 4 is 74.7 Å². The van der Waals surface area contributed by atoms with Gasteiger partial charge in [-0.2, -0.15) is 0 Å². The first kappa shape index (κ1) is 23.1. The van der Waals surface area contributed by atoms with Crippen molar-refractivity contribution in [2.24, 2.45) is 0 Å². The third-order valence-corrected chi connectivity index (χ3v) is 7.34. The lowest BCUT2D eigenvalue weighted by atomic mass is 10.1. The van der Waals surface area contributed by atoms with Gasteiger partial charge in [0.05, 0.1) is 11.4 Å². The molecule has 0 aliphatic carbocycles. The number of fused-ring (bicyclic) bond motifs is 1. The Kier molecular flexibility index (Phi) is 6.45. The number of carbonyl (C=O) groups excluding carboxylic acids is 2. The summed E-state index contributed by atoms with van der Waals surface area (Å²) < 4.78 is 2.08. The van der Waals surface area contributed by atoms with E-state index in [0.29, 0.717) is 26.5 Å². The van der Waals surface area contributed by atoms with Gasteiger partial charge in [-0.05, 0) is 59.3 Å². The molecule has 4 nitrogen and oxygen atoms in total. The molecule has 1 aliphatic rings. The zero-order valence-electron chi connectivity index (χ0n) is 17.7. The molecule has 2 heterocycles. The van der Waals surface area contributed by atoms with Gasteiger partial charge in [0.1, 0.15) is 0 Å². The van der Waals surface area contributed by atoms with Crippen LogP contribution >= 0.6 is 46.6 Å². The zero-order valence-corrected chi connectivity index (χ0v) is 20.8. The Bertz CT molecular complexity index is 1460. The molecule has 170 valence electrons. The maximum atomic E-state index is 13.1. The van der Waals surface area contributed by atoms with Crippen LogP contribution in [0.2, 0.25) is 15.1 Å². The normalized spacial score (nSPS) is 15.1. The largest absolute Gasteiger partial charge is 0.342 e.